The lowest BCUT2D eigenvalue weighted by atomic mass is 10.2. The SMILES string of the molecule is CCN(c1ccc(NC(=O)Cn2cnnn2)cc1)C(C)C. The van der Waals surface area contributed by atoms with Crippen molar-refractivity contribution in [3.63, 3.8) is 0 Å². The van der Waals surface area contributed by atoms with Gasteiger partial charge in [0.1, 0.15) is 12.9 Å². The van der Waals surface area contributed by atoms with Gasteiger partial charge in [-0.2, -0.15) is 0 Å². The molecule has 0 saturated heterocycles. The van der Waals surface area contributed by atoms with Crippen LogP contribution in [0.25, 0.3) is 0 Å². The number of tetrazole rings is 1. The predicted molar refractivity (Wildman–Crippen MR) is 81.0 cm³/mol. The van der Waals surface area contributed by atoms with Gasteiger partial charge < -0.3 is 10.2 Å². The summed E-state index contributed by atoms with van der Waals surface area (Å²) in [5.74, 6) is -0.161. The highest BCUT2D eigenvalue weighted by Crippen LogP contribution is 2.19. The Labute approximate surface area is 123 Å². The zero-order valence-corrected chi connectivity index (χ0v) is 12.5. The summed E-state index contributed by atoms with van der Waals surface area (Å²) in [5, 5.41) is 13.4. The van der Waals surface area contributed by atoms with Crippen molar-refractivity contribution in [3.05, 3.63) is 30.6 Å². The molecule has 0 aliphatic rings. The lowest BCUT2D eigenvalue weighted by molar-refractivity contribution is -0.116. The van der Waals surface area contributed by atoms with Gasteiger partial charge in [0.15, 0.2) is 0 Å². The van der Waals surface area contributed by atoms with Gasteiger partial charge in [-0.25, -0.2) is 4.68 Å². The average Bonchev–Trinajstić information content (AvgIpc) is 2.94. The topological polar surface area (TPSA) is 75.9 Å². The van der Waals surface area contributed by atoms with Crippen LogP contribution < -0.4 is 10.2 Å². The molecule has 21 heavy (non-hydrogen) atoms. The Morgan fingerprint density at radius 3 is 2.57 bits per heavy atom. The average molecular weight is 288 g/mol. The van der Waals surface area contributed by atoms with Gasteiger partial charge in [0.05, 0.1) is 0 Å². The molecule has 0 unspecified atom stereocenters. The molecule has 0 fully saturated rings. The summed E-state index contributed by atoms with van der Waals surface area (Å²) < 4.78 is 1.38. The second-order valence-corrected chi connectivity index (χ2v) is 4.98. The molecule has 7 heteroatoms. The van der Waals surface area contributed by atoms with Gasteiger partial charge in [0.25, 0.3) is 0 Å². The molecule has 0 aliphatic carbocycles. The van der Waals surface area contributed by atoms with Crippen molar-refractivity contribution in [1.82, 2.24) is 20.2 Å². The molecule has 1 aromatic carbocycles. The molecule has 1 amide bonds. The fraction of sp³-hybridized carbons (Fsp3) is 0.429. The molecule has 1 heterocycles. The van der Waals surface area contributed by atoms with Crippen molar-refractivity contribution in [3.8, 4) is 0 Å². The summed E-state index contributed by atoms with van der Waals surface area (Å²) in [6, 6.07) is 8.26. The number of amides is 1. The van der Waals surface area contributed by atoms with Crippen LogP contribution in [-0.2, 0) is 11.3 Å². The molecule has 2 aromatic rings. The molecule has 0 spiro atoms. The molecule has 112 valence electrons. The Balaban J connectivity index is 1.97. The van der Waals surface area contributed by atoms with Crippen LogP contribution in [0.2, 0.25) is 0 Å². The molecule has 0 radical (unpaired) electrons. The Hall–Kier alpha value is -2.44. The maximum absolute atomic E-state index is 11.8. The Morgan fingerprint density at radius 2 is 2.05 bits per heavy atom. The van der Waals surface area contributed by atoms with Crippen LogP contribution in [0.4, 0.5) is 11.4 Å². The third-order valence-corrected chi connectivity index (χ3v) is 3.14. The van der Waals surface area contributed by atoms with Gasteiger partial charge in [-0.05, 0) is 55.5 Å². The van der Waals surface area contributed by atoms with E-state index in [9.17, 15) is 4.79 Å². The second kappa shape index (κ2) is 6.83. The molecule has 0 saturated carbocycles. The first-order chi connectivity index (χ1) is 10.1. The van der Waals surface area contributed by atoms with Crippen LogP contribution in [0.15, 0.2) is 30.6 Å². The highest BCUT2D eigenvalue weighted by molar-refractivity contribution is 5.90. The van der Waals surface area contributed by atoms with Gasteiger partial charge >= 0.3 is 0 Å². The first kappa shape index (κ1) is 15.0. The van der Waals surface area contributed by atoms with E-state index in [0.29, 0.717) is 6.04 Å². The number of rotatable bonds is 6. The summed E-state index contributed by atoms with van der Waals surface area (Å²) in [6.45, 7) is 7.49. The molecule has 0 bridgehead atoms. The van der Waals surface area contributed by atoms with E-state index >= 15 is 0 Å². The normalized spacial score (nSPS) is 10.7. The first-order valence-electron chi connectivity index (χ1n) is 6.97. The number of anilines is 2. The Kier molecular flexibility index (Phi) is 4.86. The smallest absolute Gasteiger partial charge is 0.246 e. The third-order valence-electron chi connectivity index (χ3n) is 3.14. The van der Waals surface area contributed by atoms with Crippen LogP contribution in [0.5, 0.6) is 0 Å². The highest BCUT2D eigenvalue weighted by Gasteiger charge is 2.09. The van der Waals surface area contributed by atoms with Crippen LogP contribution in [-0.4, -0.2) is 38.7 Å². The maximum Gasteiger partial charge on any atom is 0.246 e. The molecule has 0 aliphatic heterocycles. The van der Waals surface area contributed by atoms with E-state index in [0.717, 1.165) is 17.9 Å². The van der Waals surface area contributed by atoms with E-state index in [4.69, 9.17) is 0 Å². The number of benzene rings is 1. The fourth-order valence-corrected chi connectivity index (χ4v) is 2.18. The Morgan fingerprint density at radius 1 is 1.33 bits per heavy atom. The van der Waals surface area contributed by atoms with Crippen molar-refractivity contribution < 1.29 is 4.79 Å². The number of nitrogens with one attached hydrogen (secondary N) is 1. The van der Waals surface area contributed by atoms with Crippen molar-refractivity contribution in [1.29, 1.82) is 0 Å². The maximum atomic E-state index is 11.8. The minimum absolute atomic E-state index is 0.0990. The second-order valence-electron chi connectivity index (χ2n) is 4.98. The van der Waals surface area contributed by atoms with Gasteiger partial charge in [-0.15, -0.1) is 5.10 Å². The molecular weight excluding hydrogens is 268 g/mol. The number of hydrogen-bond donors (Lipinski definition) is 1. The van der Waals surface area contributed by atoms with E-state index in [1.54, 1.807) is 0 Å². The van der Waals surface area contributed by atoms with E-state index in [1.165, 1.54) is 11.0 Å². The van der Waals surface area contributed by atoms with Crippen molar-refractivity contribution in [2.24, 2.45) is 0 Å². The number of aromatic nitrogens is 4. The van der Waals surface area contributed by atoms with Crippen LogP contribution >= 0.6 is 0 Å². The molecule has 7 nitrogen and oxygen atoms in total. The molecular formula is C14H20N6O. The van der Waals surface area contributed by atoms with Crippen LogP contribution in [0.1, 0.15) is 20.8 Å². The van der Waals surface area contributed by atoms with Gasteiger partial charge in [-0.3, -0.25) is 4.79 Å². The quantitative estimate of drug-likeness (QED) is 0.872. The van der Waals surface area contributed by atoms with E-state index in [-0.39, 0.29) is 12.5 Å². The van der Waals surface area contributed by atoms with Gasteiger partial charge in [-0.1, -0.05) is 0 Å². The number of nitrogens with zero attached hydrogens (tertiary/aromatic N) is 5. The lowest BCUT2D eigenvalue weighted by Crippen LogP contribution is -2.30. The van der Waals surface area contributed by atoms with E-state index < -0.39 is 0 Å². The van der Waals surface area contributed by atoms with E-state index in [1.807, 2.05) is 24.3 Å². The summed E-state index contributed by atoms with van der Waals surface area (Å²) in [5.41, 5.74) is 1.91. The minimum Gasteiger partial charge on any atom is -0.369 e. The minimum atomic E-state index is -0.161. The largest absolute Gasteiger partial charge is 0.369 e. The summed E-state index contributed by atoms with van der Waals surface area (Å²) >= 11 is 0. The molecule has 1 aromatic heterocycles. The number of hydrogen-bond acceptors (Lipinski definition) is 5. The van der Waals surface area contributed by atoms with Gasteiger partial charge in [0.2, 0.25) is 5.91 Å². The van der Waals surface area contributed by atoms with Crippen molar-refractivity contribution >= 4 is 17.3 Å². The standard InChI is InChI=1S/C14H20N6O/c1-4-20(11(2)3)13-7-5-12(6-8-13)16-14(21)9-19-10-15-17-18-19/h5-8,10-11H,4,9H2,1-3H3,(H,16,21). The van der Waals surface area contributed by atoms with Crippen LogP contribution in [0, 0.1) is 0 Å². The summed E-state index contributed by atoms with van der Waals surface area (Å²) in [4.78, 5) is 14.1. The summed E-state index contributed by atoms with van der Waals surface area (Å²) in [6.07, 6.45) is 1.41. The van der Waals surface area contributed by atoms with Crippen molar-refractivity contribution in [2.45, 2.75) is 33.4 Å². The number of carbonyl (C=O) groups is 1. The van der Waals surface area contributed by atoms with Crippen molar-refractivity contribution in [2.75, 3.05) is 16.8 Å². The zero-order valence-electron chi connectivity index (χ0n) is 12.5. The highest BCUT2D eigenvalue weighted by atomic mass is 16.2. The predicted octanol–water partition coefficient (Wildman–Crippen LogP) is 1.55. The molecule has 0 atom stereocenters. The summed E-state index contributed by atoms with van der Waals surface area (Å²) in [7, 11) is 0. The zero-order chi connectivity index (χ0) is 15.2. The Bertz CT molecular complexity index is 564. The first-order valence-corrected chi connectivity index (χ1v) is 6.97. The van der Waals surface area contributed by atoms with Gasteiger partial charge in [0, 0.05) is 24.0 Å². The monoisotopic (exact) mass is 288 g/mol. The van der Waals surface area contributed by atoms with Crippen LogP contribution in [0.3, 0.4) is 0 Å². The number of carbonyl (C=O) groups excluding carboxylic acids is 1. The molecule has 1 N–H and O–H groups in total. The molecule has 2 rings (SSSR count). The van der Waals surface area contributed by atoms with E-state index in [2.05, 4.69) is 46.5 Å². The lowest BCUT2D eigenvalue weighted by Gasteiger charge is -2.27. The third kappa shape index (κ3) is 4.01. The fourth-order valence-electron chi connectivity index (χ4n) is 2.18.